The van der Waals surface area contributed by atoms with Crippen molar-refractivity contribution in [2.45, 2.75) is 49.5 Å². The molecule has 0 aliphatic carbocycles. The molecule has 0 amide bonds. The van der Waals surface area contributed by atoms with E-state index in [9.17, 15) is 19.4 Å². The predicted molar refractivity (Wildman–Crippen MR) is 139 cm³/mol. The van der Waals surface area contributed by atoms with E-state index >= 15 is 0 Å². The number of aromatic nitrogens is 8. The Morgan fingerprint density at radius 1 is 1.05 bits per heavy atom. The second-order valence-corrected chi connectivity index (χ2v) is 11.5. The highest BCUT2D eigenvalue weighted by molar-refractivity contribution is 7.47. The average molecular weight is 607 g/mol. The molecule has 4 aromatic heterocycles. The summed E-state index contributed by atoms with van der Waals surface area (Å²) in [6.07, 6.45) is -2.40. The highest BCUT2D eigenvalue weighted by Gasteiger charge is 2.51. The lowest BCUT2D eigenvalue weighted by atomic mass is 9.95. The number of hydrogen-bond acceptors (Lipinski definition) is 16. The van der Waals surface area contributed by atoms with Gasteiger partial charge >= 0.3 is 7.82 Å². The smallest absolute Gasteiger partial charge is 0.388 e. The van der Waals surface area contributed by atoms with E-state index < -0.39 is 69.0 Å². The Morgan fingerprint density at radius 2 is 1.81 bits per heavy atom. The van der Waals surface area contributed by atoms with Gasteiger partial charge in [0, 0.05) is 5.92 Å². The standard InChI is InChI=1S/C21H26N11O9P/c22-9-13-19(32-6-28-11-16(32)29-21(24)30-17(11)34)40-20(9)37-2-1-7-8(3-38-42(35,36)41-13)39-18(12(7)33)31-5-27-10-14(23)25-4-26-15(10)31/h4-9,12-13,18-20,33H,1-3,22H2,(H,35,36)(H2,23,25,26)(H3,24,29,30,34)/t7-,8-,9+,12-,13-,18-,19-,20?/m1/s1. The zero-order valence-corrected chi connectivity index (χ0v) is 22.4. The Bertz CT molecular complexity index is 1760. The van der Waals surface area contributed by atoms with E-state index in [-0.39, 0.29) is 36.0 Å². The number of anilines is 2. The third-order valence-electron chi connectivity index (χ3n) is 7.55. The molecule has 3 aliphatic rings. The molecule has 9 N–H and O–H groups in total. The van der Waals surface area contributed by atoms with Crippen LogP contribution in [0.4, 0.5) is 11.8 Å². The van der Waals surface area contributed by atoms with Crippen LogP contribution in [0.1, 0.15) is 18.9 Å². The SMILES string of the molecule is Nc1nc2c(ncn2[C@@H]2OC3OCC[C@H]4[C@@H](O)[C@H](n5cnc6c(N)ncnc65)O[C@@H]4COP(=O)(O)O[C@@H]2[C@@H]3N)c(=O)[nH]1. The minimum absolute atomic E-state index is 0.0388. The van der Waals surface area contributed by atoms with Crippen molar-refractivity contribution in [3.05, 3.63) is 29.3 Å². The van der Waals surface area contributed by atoms with E-state index in [1.165, 1.54) is 28.1 Å². The van der Waals surface area contributed by atoms with Crippen molar-refractivity contribution >= 4 is 41.9 Å². The molecule has 2 bridgehead atoms. The summed E-state index contributed by atoms with van der Waals surface area (Å²) in [5.74, 6) is -0.633. The van der Waals surface area contributed by atoms with E-state index in [1.807, 2.05) is 0 Å². The van der Waals surface area contributed by atoms with Crippen molar-refractivity contribution in [1.82, 2.24) is 39.0 Å². The molecule has 3 fully saturated rings. The fourth-order valence-electron chi connectivity index (χ4n) is 5.55. The summed E-state index contributed by atoms with van der Waals surface area (Å²) < 4.78 is 44.8. The minimum Gasteiger partial charge on any atom is -0.388 e. The highest BCUT2D eigenvalue weighted by Crippen LogP contribution is 2.50. The minimum atomic E-state index is -4.82. The number of rotatable bonds is 2. The van der Waals surface area contributed by atoms with Gasteiger partial charge in [0.05, 0.1) is 38.0 Å². The van der Waals surface area contributed by atoms with Gasteiger partial charge in [-0.2, -0.15) is 4.98 Å². The largest absolute Gasteiger partial charge is 0.472 e. The fraction of sp³-hybridized carbons (Fsp3) is 0.524. The zero-order chi connectivity index (χ0) is 29.3. The topological polar surface area (TPSA) is 289 Å². The van der Waals surface area contributed by atoms with Gasteiger partial charge < -0.3 is 41.4 Å². The predicted octanol–water partition coefficient (Wildman–Crippen LogP) is -1.90. The molecule has 0 radical (unpaired) electrons. The van der Waals surface area contributed by atoms with E-state index in [1.54, 1.807) is 0 Å². The van der Waals surface area contributed by atoms with Crippen LogP contribution in [0.3, 0.4) is 0 Å². The van der Waals surface area contributed by atoms with Crippen LogP contribution in [0.2, 0.25) is 0 Å². The molecule has 3 saturated heterocycles. The summed E-state index contributed by atoms with van der Waals surface area (Å²) >= 11 is 0. The molecular weight excluding hydrogens is 581 g/mol. The normalized spacial score (nSPS) is 35.7. The van der Waals surface area contributed by atoms with E-state index in [4.69, 9.17) is 40.5 Å². The number of ether oxygens (including phenoxy) is 3. The molecule has 7 rings (SSSR count). The van der Waals surface area contributed by atoms with Crippen LogP contribution < -0.4 is 22.8 Å². The van der Waals surface area contributed by atoms with Crippen LogP contribution in [0.5, 0.6) is 0 Å². The first-order valence-electron chi connectivity index (χ1n) is 12.8. The Balaban J connectivity index is 1.17. The number of phosphoric ester groups is 1. The molecule has 2 unspecified atom stereocenters. The summed E-state index contributed by atoms with van der Waals surface area (Å²) in [6.45, 7) is -0.369. The van der Waals surface area contributed by atoms with Gasteiger partial charge in [0.15, 0.2) is 41.4 Å². The molecule has 21 heteroatoms. The second kappa shape index (κ2) is 10.0. The maximum Gasteiger partial charge on any atom is 0.472 e. The number of phosphoric acid groups is 1. The number of nitrogens with zero attached hydrogens (tertiary/aromatic N) is 7. The molecule has 4 aromatic rings. The first-order chi connectivity index (χ1) is 20.1. The maximum absolute atomic E-state index is 13.2. The van der Waals surface area contributed by atoms with Gasteiger partial charge in [0.1, 0.15) is 24.1 Å². The summed E-state index contributed by atoms with van der Waals surface area (Å²) in [5.41, 5.74) is 18.0. The summed E-state index contributed by atoms with van der Waals surface area (Å²) in [7, 11) is -4.82. The third kappa shape index (κ3) is 4.44. The lowest BCUT2D eigenvalue weighted by Crippen LogP contribution is -2.43. The average Bonchev–Trinajstić information content (AvgIpc) is 3.69. The second-order valence-electron chi connectivity index (χ2n) is 10.0. The summed E-state index contributed by atoms with van der Waals surface area (Å²) in [6, 6.07) is -1.08. The van der Waals surface area contributed by atoms with Gasteiger partial charge in [-0.25, -0.2) is 24.5 Å². The van der Waals surface area contributed by atoms with Crippen LogP contribution in [0.25, 0.3) is 22.3 Å². The van der Waals surface area contributed by atoms with Crippen LogP contribution in [-0.4, -0.2) is 92.9 Å². The number of nitrogens with two attached hydrogens (primary N) is 3. The fourth-order valence-corrected chi connectivity index (χ4v) is 6.49. The molecule has 0 spiro atoms. The Hall–Kier alpha value is -3.59. The molecule has 0 aromatic carbocycles. The van der Waals surface area contributed by atoms with E-state index in [0.717, 1.165) is 0 Å². The molecular formula is C21H26N11O9P. The molecule has 7 heterocycles. The number of hydrogen-bond donors (Lipinski definition) is 6. The van der Waals surface area contributed by atoms with Crippen molar-refractivity contribution in [1.29, 1.82) is 0 Å². The molecule has 20 nitrogen and oxygen atoms in total. The molecule has 3 aliphatic heterocycles. The molecule has 0 saturated carbocycles. The zero-order valence-electron chi connectivity index (χ0n) is 21.5. The number of aliphatic hydroxyl groups is 1. The molecule has 9 atom stereocenters. The number of aliphatic hydroxyl groups excluding tert-OH is 1. The summed E-state index contributed by atoms with van der Waals surface area (Å²) in [4.78, 5) is 45.8. The van der Waals surface area contributed by atoms with Gasteiger partial charge in [0.25, 0.3) is 5.56 Å². The Labute approximate surface area is 234 Å². The molecule has 42 heavy (non-hydrogen) atoms. The van der Waals surface area contributed by atoms with Crippen molar-refractivity contribution in [3.63, 3.8) is 0 Å². The maximum atomic E-state index is 13.2. The van der Waals surface area contributed by atoms with Gasteiger partial charge in [-0.1, -0.05) is 0 Å². The monoisotopic (exact) mass is 607 g/mol. The van der Waals surface area contributed by atoms with Crippen LogP contribution in [0.15, 0.2) is 23.8 Å². The first kappa shape index (κ1) is 27.3. The number of nitrogens with one attached hydrogen (secondary N) is 1. The van der Waals surface area contributed by atoms with E-state index in [2.05, 4.69) is 29.9 Å². The summed E-state index contributed by atoms with van der Waals surface area (Å²) in [5, 5.41) is 11.3. The van der Waals surface area contributed by atoms with Gasteiger partial charge in [-0.15, -0.1) is 0 Å². The number of aromatic amines is 1. The lowest BCUT2D eigenvalue weighted by Gasteiger charge is -2.26. The van der Waals surface area contributed by atoms with Gasteiger partial charge in [-0.05, 0) is 6.42 Å². The van der Waals surface area contributed by atoms with Gasteiger partial charge in [-0.3, -0.25) is 28.0 Å². The van der Waals surface area contributed by atoms with Crippen LogP contribution >= 0.6 is 7.82 Å². The van der Waals surface area contributed by atoms with Crippen LogP contribution in [0, 0.1) is 5.92 Å². The highest BCUT2D eigenvalue weighted by atomic mass is 31.2. The Kier molecular flexibility index (Phi) is 6.49. The van der Waals surface area contributed by atoms with E-state index in [0.29, 0.717) is 11.2 Å². The van der Waals surface area contributed by atoms with Gasteiger partial charge in [0.2, 0.25) is 5.95 Å². The van der Waals surface area contributed by atoms with Crippen molar-refractivity contribution in [2.24, 2.45) is 11.7 Å². The van der Waals surface area contributed by atoms with Crippen molar-refractivity contribution in [3.8, 4) is 0 Å². The number of H-pyrrole nitrogens is 1. The molecule has 224 valence electrons. The number of imidazole rings is 2. The van der Waals surface area contributed by atoms with Crippen LogP contribution in [-0.2, 0) is 27.8 Å². The quantitative estimate of drug-likeness (QED) is 0.136. The Morgan fingerprint density at radius 3 is 2.62 bits per heavy atom. The first-order valence-corrected chi connectivity index (χ1v) is 14.3. The van der Waals surface area contributed by atoms with Crippen molar-refractivity contribution < 1.29 is 37.8 Å². The number of nitrogen functional groups attached to an aromatic ring is 2. The third-order valence-corrected chi connectivity index (χ3v) is 8.53. The van der Waals surface area contributed by atoms with Crippen molar-refractivity contribution in [2.75, 3.05) is 24.7 Å². The lowest BCUT2D eigenvalue weighted by molar-refractivity contribution is -0.159. The number of fused-ring (bicyclic) bond motifs is 5.